The molecule has 0 amide bonds. The van der Waals surface area contributed by atoms with E-state index in [1.54, 1.807) is 24.9 Å². The molecule has 0 fully saturated rings. The van der Waals surface area contributed by atoms with E-state index in [2.05, 4.69) is 9.97 Å². The molecule has 0 atom stereocenters. The Morgan fingerprint density at radius 2 is 2.08 bits per heavy atom. The van der Waals surface area contributed by atoms with Crippen LogP contribution in [0.5, 0.6) is 5.75 Å². The molecule has 2 aromatic carbocycles. The lowest BCUT2D eigenvalue weighted by Gasteiger charge is -2.06. The molecule has 4 aromatic rings. The quantitative estimate of drug-likeness (QED) is 0.450. The van der Waals surface area contributed by atoms with Gasteiger partial charge in [-0.25, -0.2) is 9.78 Å². The average molecular weight is 338 g/mol. The van der Waals surface area contributed by atoms with E-state index >= 15 is 0 Å². The van der Waals surface area contributed by atoms with E-state index in [1.807, 2.05) is 36.4 Å². The van der Waals surface area contributed by atoms with Gasteiger partial charge in [-0.1, -0.05) is 23.9 Å². The summed E-state index contributed by atoms with van der Waals surface area (Å²) in [5.41, 5.74) is 3.01. The zero-order valence-corrected chi connectivity index (χ0v) is 13.7. The van der Waals surface area contributed by atoms with E-state index in [1.165, 1.54) is 6.07 Å². The van der Waals surface area contributed by atoms with Gasteiger partial charge in [0.05, 0.1) is 18.1 Å². The minimum Gasteiger partial charge on any atom is -0.497 e. The number of hydrogen-bond donors (Lipinski definition) is 1. The Morgan fingerprint density at radius 3 is 2.92 bits per heavy atom. The van der Waals surface area contributed by atoms with Crippen molar-refractivity contribution in [1.29, 1.82) is 0 Å². The number of rotatable bonds is 4. The number of imidazole rings is 1. The molecule has 4 rings (SSSR count). The summed E-state index contributed by atoms with van der Waals surface area (Å²) in [6.07, 6.45) is 0. The number of para-hydroxylation sites is 2. The van der Waals surface area contributed by atoms with Crippen LogP contribution in [0.25, 0.3) is 22.0 Å². The molecule has 0 unspecified atom stereocenters. The number of benzene rings is 2. The molecule has 120 valence electrons. The van der Waals surface area contributed by atoms with Crippen LogP contribution >= 0.6 is 11.8 Å². The highest BCUT2D eigenvalue weighted by molar-refractivity contribution is 7.98. The number of aromatic nitrogens is 2. The first-order valence-corrected chi connectivity index (χ1v) is 8.40. The van der Waals surface area contributed by atoms with E-state index < -0.39 is 0 Å². The molecule has 5 nitrogen and oxygen atoms in total. The summed E-state index contributed by atoms with van der Waals surface area (Å²) in [5.74, 6) is 1.28. The molecule has 0 aliphatic heterocycles. The summed E-state index contributed by atoms with van der Waals surface area (Å²) in [4.78, 5) is 19.6. The monoisotopic (exact) mass is 338 g/mol. The number of fused-ring (bicyclic) bond motifs is 2. The van der Waals surface area contributed by atoms with Gasteiger partial charge in [-0.15, -0.1) is 0 Å². The largest absolute Gasteiger partial charge is 0.497 e. The van der Waals surface area contributed by atoms with Crippen molar-refractivity contribution in [3.05, 3.63) is 64.5 Å². The molecule has 24 heavy (non-hydrogen) atoms. The van der Waals surface area contributed by atoms with Gasteiger partial charge >= 0.3 is 5.63 Å². The van der Waals surface area contributed by atoms with Gasteiger partial charge in [0.1, 0.15) is 11.3 Å². The summed E-state index contributed by atoms with van der Waals surface area (Å²) < 4.78 is 10.5. The van der Waals surface area contributed by atoms with Crippen molar-refractivity contribution in [2.75, 3.05) is 7.11 Å². The van der Waals surface area contributed by atoms with E-state index in [4.69, 9.17) is 9.15 Å². The molecule has 0 radical (unpaired) electrons. The number of ether oxygens (including phenoxy) is 1. The third-order valence-electron chi connectivity index (χ3n) is 3.77. The van der Waals surface area contributed by atoms with Crippen LogP contribution in [0.1, 0.15) is 5.56 Å². The van der Waals surface area contributed by atoms with Crippen LogP contribution < -0.4 is 10.4 Å². The third-order valence-corrected chi connectivity index (χ3v) is 4.69. The Hall–Kier alpha value is -2.73. The minimum absolute atomic E-state index is 0.365. The second-order valence-electron chi connectivity index (χ2n) is 5.30. The smallest absolute Gasteiger partial charge is 0.336 e. The number of aromatic amines is 1. The fraction of sp³-hybridized carbons (Fsp3) is 0.111. The minimum atomic E-state index is -0.365. The highest BCUT2D eigenvalue weighted by atomic mass is 32.2. The maximum Gasteiger partial charge on any atom is 0.336 e. The maximum absolute atomic E-state index is 11.8. The van der Waals surface area contributed by atoms with Crippen LogP contribution in [-0.4, -0.2) is 17.1 Å². The standard InChI is InChI=1S/C18H14N2O3S/c1-22-12-6-7-13-11(8-17(21)23-16(13)9-12)10-24-18-19-14-4-2-3-5-15(14)20-18/h2-9H,10H2,1H3,(H,19,20). The van der Waals surface area contributed by atoms with E-state index in [0.717, 1.165) is 27.1 Å². The van der Waals surface area contributed by atoms with Crippen molar-refractivity contribution in [1.82, 2.24) is 9.97 Å². The molecular weight excluding hydrogens is 324 g/mol. The Labute approximate surface area is 141 Å². The normalized spacial score (nSPS) is 11.2. The first-order chi connectivity index (χ1) is 11.7. The fourth-order valence-corrected chi connectivity index (χ4v) is 3.48. The van der Waals surface area contributed by atoms with Crippen LogP contribution in [0.15, 0.2) is 62.9 Å². The van der Waals surface area contributed by atoms with Gasteiger partial charge in [-0.2, -0.15) is 0 Å². The van der Waals surface area contributed by atoms with Crippen molar-refractivity contribution in [2.45, 2.75) is 10.9 Å². The molecule has 0 spiro atoms. The molecular formula is C18H14N2O3S. The van der Waals surface area contributed by atoms with Gasteiger partial charge in [-0.05, 0) is 29.8 Å². The molecule has 0 bridgehead atoms. The first kappa shape index (κ1) is 14.8. The van der Waals surface area contributed by atoms with Crippen LogP contribution in [0.3, 0.4) is 0 Å². The van der Waals surface area contributed by atoms with Gasteiger partial charge in [0, 0.05) is 23.3 Å². The van der Waals surface area contributed by atoms with Gasteiger partial charge in [-0.3, -0.25) is 0 Å². The van der Waals surface area contributed by atoms with Gasteiger partial charge in [0.2, 0.25) is 0 Å². The van der Waals surface area contributed by atoms with E-state index in [-0.39, 0.29) is 5.63 Å². The number of nitrogens with one attached hydrogen (secondary N) is 1. The number of hydrogen-bond acceptors (Lipinski definition) is 5. The van der Waals surface area contributed by atoms with Crippen molar-refractivity contribution in [2.24, 2.45) is 0 Å². The predicted octanol–water partition coefficient (Wildman–Crippen LogP) is 3.97. The highest BCUT2D eigenvalue weighted by Gasteiger charge is 2.09. The molecule has 1 N–H and O–H groups in total. The topological polar surface area (TPSA) is 68.1 Å². The second kappa shape index (κ2) is 6.05. The maximum atomic E-state index is 11.8. The first-order valence-electron chi connectivity index (χ1n) is 7.41. The summed E-state index contributed by atoms with van der Waals surface area (Å²) in [6.45, 7) is 0. The summed E-state index contributed by atoms with van der Waals surface area (Å²) >= 11 is 1.55. The summed E-state index contributed by atoms with van der Waals surface area (Å²) in [5, 5.41) is 1.73. The number of methoxy groups -OCH3 is 1. The van der Waals surface area contributed by atoms with Crippen molar-refractivity contribution in [3.8, 4) is 5.75 Å². The van der Waals surface area contributed by atoms with Gasteiger partial charge < -0.3 is 14.1 Å². The lowest BCUT2D eigenvalue weighted by Crippen LogP contribution is -2.00. The van der Waals surface area contributed by atoms with Gasteiger partial charge in [0.25, 0.3) is 0 Å². The Morgan fingerprint density at radius 1 is 1.21 bits per heavy atom. The molecule has 0 aliphatic carbocycles. The Balaban J connectivity index is 1.67. The van der Waals surface area contributed by atoms with E-state index in [9.17, 15) is 4.79 Å². The SMILES string of the molecule is COc1ccc2c(CSc3nc4ccccc4[nH]3)cc(=O)oc2c1. The van der Waals surface area contributed by atoms with Gasteiger partial charge in [0.15, 0.2) is 5.16 Å². The highest BCUT2D eigenvalue weighted by Crippen LogP contribution is 2.28. The summed E-state index contributed by atoms with van der Waals surface area (Å²) in [6, 6.07) is 14.9. The molecule has 2 heterocycles. The number of nitrogens with zero attached hydrogens (tertiary/aromatic N) is 1. The van der Waals surface area contributed by atoms with Crippen molar-refractivity contribution in [3.63, 3.8) is 0 Å². The van der Waals surface area contributed by atoms with Crippen LogP contribution in [-0.2, 0) is 5.75 Å². The van der Waals surface area contributed by atoms with Crippen molar-refractivity contribution >= 4 is 33.8 Å². The lowest BCUT2D eigenvalue weighted by atomic mass is 10.1. The van der Waals surface area contributed by atoms with Crippen LogP contribution in [0.4, 0.5) is 0 Å². The Kier molecular flexibility index (Phi) is 3.74. The molecule has 0 saturated heterocycles. The predicted molar refractivity (Wildman–Crippen MR) is 94.7 cm³/mol. The average Bonchev–Trinajstić information content (AvgIpc) is 3.01. The van der Waals surface area contributed by atoms with Crippen molar-refractivity contribution < 1.29 is 9.15 Å². The molecule has 2 aromatic heterocycles. The lowest BCUT2D eigenvalue weighted by molar-refractivity contribution is 0.414. The summed E-state index contributed by atoms with van der Waals surface area (Å²) in [7, 11) is 1.58. The third kappa shape index (κ3) is 2.76. The molecule has 6 heteroatoms. The number of thioether (sulfide) groups is 1. The zero-order chi connectivity index (χ0) is 16.5. The zero-order valence-electron chi connectivity index (χ0n) is 12.9. The Bertz CT molecular complexity index is 1050. The van der Waals surface area contributed by atoms with Crippen LogP contribution in [0.2, 0.25) is 0 Å². The van der Waals surface area contributed by atoms with E-state index in [0.29, 0.717) is 17.1 Å². The molecule has 0 aliphatic rings. The van der Waals surface area contributed by atoms with Crippen LogP contribution in [0, 0.1) is 0 Å². The number of H-pyrrole nitrogens is 1. The second-order valence-corrected chi connectivity index (χ2v) is 6.26. The molecule has 0 saturated carbocycles. The fourth-order valence-electron chi connectivity index (χ4n) is 2.60.